The lowest BCUT2D eigenvalue weighted by molar-refractivity contribution is 0.449. The zero-order valence-electron chi connectivity index (χ0n) is 7.83. The van der Waals surface area contributed by atoms with Crippen molar-refractivity contribution >= 4 is 0 Å². The first-order valence-corrected chi connectivity index (χ1v) is 4.45. The van der Waals surface area contributed by atoms with Gasteiger partial charge in [-0.05, 0) is 38.8 Å². The minimum absolute atomic E-state index is 0.474. The number of aryl methyl sites for hydroxylation is 1. The number of aromatic nitrogens is 2. The molecule has 3 heteroatoms. The van der Waals surface area contributed by atoms with Gasteiger partial charge in [0.25, 0.3) is 0 Å². The van der Waals surface area contributed by atoms with Gasteiger partial charge >= 0.3 is 0 Å². The Balaban J connectivity index is 2.47. The van der Waals surface area contributed by atoms with E-state index in [0.717, 1.165) is 19.4 Å². The molecular formula is C9H17N3. The summed E-state index contributed by atoms with van der Waals surface area (Å²) in [5.74, 6) is 0. The molecule has 0 fully saturated rings. The molecule has 0 aliphatic rings. The van der Waals surface area contributed by atoms with Gasteiger partial charge in [-0.2, -0.15) is 5.10 Å². The molecule has 3 nitrogen and oxygen atoms in total. The van der Waals surface area contributed by atoms with Crippen molar-refractivity contribution in [1.82, 2.24) is 9.78 Å². The molecule has 0 aliphatic carbocycles. The Morgan fingerprint density at radius 2 is 2.42 bits per heavy atom. The Kier molecular flexibility index (Phi) is 3.29. The highest BCUT2D eigenvalue weighted by atomic mass is 15.3. The second-order valence-electron chi connectivity index (χ2n) is 3.28. The molecule has 1 atom stereocenters. The smallest absolute Gasteiger partial charge is 0.0519 e. The van der Waals surface area contributed by atoms with Crippen LogP contribution in [-0.4, -0.2) is 16.3 Å². The minimum atomic E-state index is 0.474. The number of nitrogens with zero attached hydrogens (tertiary/aromatic N) is 2. The molecule has 1 unspecified atom stereocenters. The van der Waals surface area contributed by atoms with Crippen molar-refractivity contribution in [2.24, 2.45) is 5.73 Å². The first kappa shape index (κ1) is 9.26. The van der Waals surface area contributed by atoms with Crippen molar-refractivity contribution in [1.29, 1.82) is 0 Å². The van der Waals surface area contributed by atoms with Crippen LogP contribution in [0.1, 0.15) is 31.4 Å². The number of nitrogens with two attached hydrogens (primary N) is 1. The van der Waals surface area contributed by atoms with Crippen LogP contribution in [0.5, 0.6) is 0 Å². The van der Waals surface area contributed by atoms with Gasteiger partial charge < -0.3 is 5.73 Å². The lowest BCUT2D eigenvalue weighted by atomic mass is 10.2. The van der Waals surface area contributed by atoms with Gasteiger partial charge in [0, 0.05) is 12.2 Å². The Morgan fingerprint density at radius 3 is 2.92 bits per heavy atom. The van der Waals surface area contributed by atoms with Gasteiger partial charge in [-0.25, -0.2) is 0 Å². The summed E-state index contributed by atoms with van der Waals surface area (Å²) in [5, 5.41) is 4.24. The van der Waals surface area contributed by atoms with Gasteiger partial charge in [0.1, 0.15) is 0 Å². The molecule has 1 rings (SSSR count). The van der Waals surface area contributed by atoms with Crippen LogP contribution in [-0.2, 0) is 0 Å². The molecule has 1 aromatic heterocycles. The molecular weight excluding hydrogens is 150 g/mol. The largest absolute Gasteiger partial charge is 0.330 e. The van der Waals surface area contributed by atoms with Crippen LogP contribution in [0.2, 0.25) is 0 Å². The molecule has 0 aromatic carbocycles. The number of rotatable bonds is 4. The fourth-order valence-electron chi connectivity index (χ4n) is 1.22. The molecule has 0 saturated carbocycles. The van der Waals surface area contributed by atoms with Crippen molar-refractivity contribution in [2.75, 3.05) is 6.54 Å². The minimum Gasteiger partial charge on any atom is -0.330 e. The van der Waals surface area contributed by atoms with Gasteiger partial charge in [-0.15, -0.1) is 0 Å². The molecule has 1 heterocycles. The molecule has 0 bridgehead atoms. The summed E-state index contributed by atoms with van der Waals surface area (Å²) in [4.78, 5) is 0. The van der Waals surface area contributed by atoms with Crippen molar-refractivity contribution in [2.45, 2.75) is 32.7 Å². The quantitative estimate of drug-likeness (QED) is 0.738. The Hall–Kier alpha value is -0.830. The molecule has 1 aromatic rings. The van der Waals surface area contributed by atoms with E-state index in [1.54, 1.807) is 0 Å². The van der Waals surface area contributed by atoms with E-state index in [-0.39, 0.29) is 0 Å². The maximum atomic E-state index is 5.43. The lowest BCUT2D eigenvalue weighted by Crippen LogP contribution is -2.08. The summed E-state index contributed by atoms with van der Waals surface area (Å²) in [5.41, 5.74) is 6.65. The van der Waals surface area contributed by atoms with Crippen LogP contribution < -0.4 is 5.73 Å². The third kappa shape index (κ3) is 2.34. The molecule has 0 spiro atoms. The molecule has 12 heavy (non-hydrogen) atoms. The van der Waals surface area contributed by atoms with Crippen LogP contribution in [0.15, 0.2) is 12.4 Å². The highest BCUT2D eigenvalue weighted by Crippen LogP contribution is 2.11. The summed E-state index contributed by atoms with van der Waals surface area (Å²) in [6.45, 7) is 4.99. The normalized spacial score (nSPS) is 13.2. The fraction of sp³-hybridized carbons (Fsp3) is 0.667. The first-order chi connectivity index (χ1) is 5.74. The van der Waals surface area contributed by atoms with Gasteiger partial charge in [-0.3, -0.25) is 4.68 Å². The van der Waals surface area contributed by atoms with E-state index in [2.05, 4.69) is 25.1 Å². The Bertz CT molecular complexity index is 229. The molecule has 2 N–H and O–H groups in total. The van der Waals surface area contributed by atoms with Crippen molar-refractivity contribution in [3.63, 3.8) is 0 Å². The SMILES string of the molecule is Cc1cnn(C(C)CCCN)c1. The maximum Gasteiger partial charge on any atom is 0.0519 e. The van der Waals surface area contributed by atoms with E-state index in [1.165, 1.54) is 5.56 Å². The van der Waals surface area contributed by atoms with Gasteiger partial charge in [-0.1, -0.05) is 0 Å². The predicted molar refractivity (Wildman–Crippen MR) is 50.0 cm³/mol. The molecule has 0 saturated heterocycles. The summed E-state index contributed by atoms with van der Waals surface area (Å²) >= 11 is 0. The summed E-state index contributed by atoms with van der Waals surface area (Å²) < 4.78 is 2.00. The predicted octanol–water partition coefficient (Wildman–Crippen LogP) is 1.49. The standard InChI is InChI=1S/C9H17N3/c1-8-6-11-12(7-8)9(2)4-3-5-10/h6-7,9H,3-5,10H2,1-2H3. The second-order valence-corrected chi connectivity index (χ2v) is 3.28. The maximum absolute atomic E-state index is 5.43. The van der Waals surface area contributed by atoms with Crippen LogP contribution in [0.25, 0.3) is 0 Å². The van der Waals surface area contributed by atoms with Crippen LogP contribution in [0.3, 0.4) is 0 Å². The third-order valence-electron chi connectivity index (χ3n) is 2.01. The van der Waals surface area contributed by atoms with Gasteiger partial charge in [0.2, 0.25) is 0 Å². The highest BCUT2D eigenvalue weighted by molar-refractivity contribution is 5.00. The topological polar surface area (TPSA) is 43.8 Å². The van der Waals surface area contributed by atoms with Gasteiger partial charge in [0.05, 0.1) is 6.20 Å². The van der Waals surface area contributed by atoms with Gasteiger partial charge in [0.15, 0.2) is 0 Å². The zero-order chi connectivity index (χ0) is 8.97. The average molecular weight is 167 g/mol. The summed E-state index contributed by atoms with van der Waals surface area (Å²) in [6, 6.07) is 0.474. The summed E-state index contributed by atoms with van der Waals surface area (Å²) in [7, 11) is 0. The Labute approximate surface area is 73.6 Å². The fourth-order valence-corrected chi connectivity index (χ4v) is 1.22. The zero-order valence-corrected chi connectivity index (χ0v) is 7.83. The monoisotopic (exact) mass is 167 g/mol. The van der Waals surface area contributed by atoms with E-state index < -0.39 is 0 Å². The molecule has 0 amide bonds. The summed E-state index contributed by atoms with van der Waals surface area (Å²) in [6.07, 6.45) is 6.14. The van der Waals surface area contributed by atoms with Crippen LogP contribution in [0, 0.1) is 6.92 Å². The van der Waals surface area contributed by atoms with Crippen molar-refractivity contribution in [3.05, 3.63) is 18.0 Å². The third-order valence-corrected chi connectivity index (χ3v) is 2.01. The van der Waals surface area contributed by atoms with Crippen LogP contribution in [0.4, 0.5) is 0 Å². The van der Waals surface area contributed by atoms with Crippen molar-refractivity contribution < 1.29 is 0 Å². The molecule has 0 aliphatic heterocycles. The Morgan fingerprint density at radius 1 is 1.67 bits per heavy atom. The molecule has 68 valence electrons. The highest BCUT2D eigenvalue weighted by Gasteiger charge is 2.03. The number of hydrogen-bond donors (Lipinski definition) is 1. The van der Waals surface area contributed by atoms with E-state index in [9.17, 15) is 0 Å². The second kappa shape index (κ2) is 4.26. The van der Waals surface area contributed by atoms with E-state index in [4.69, 9.17) is 5.73 Å². The van der Waals surface area contributed by atoms with E-state index in [1.807, 2.05) is 10.9 Å². The lowest BCUT2D eigenvalue weighted by Gasteiger charge is -2.10. The van der Waals surface area contributed by atoms with Crippen LogP contribution >= 0.6 is 0 Å². The van der Waals surface area contributed by atoms with E-state index in [0.29, 0.717) is 6.04 Å². The number of hydrogen-bond acceptors (Lipinski definition) is 2. The van der Waals surface area contributed by atoms with E-state index >= 15 is 0 Å². The first-order valence-electron chi connectivity index (χ1n) is 4.45. The molecule has 0 radical (unpaired) electrons. The van der Waals surface area contributed by atoms with Crippen molar-refractivity contribution in [3.8, 4) is 0 Å². The average Bonchev–Trinajstić information content (AvgIpc) is 2.47.